The van der Waals surface area contributed by atoms with Crippen LogP contribution in [0.3, 0.4) is 0 Å². The number of aliphatic carboxylic acids is 1. The van der Waals surface area contributed by atoms with Crippen LogP contribution in [0.15, 0.2) is 30.3 Å². The summed E-state index contributed by atoms with van der Waals surface area (Å²) >= 11 is 0. The average Bonchev–Trinajstić information content (AvgIpc) is 2.46. The van der Waals surface area contributed by atoms with Crippen LogP contribution in [0.25, 0.3) is 0 Å². The van der Waals surface area contributed by atoms with Crippen LogP contribution in [0.5, 0.6) is 0 Å². The number of carbonyl (C=O) groups is 1. The highest BCUT2D eigenvalue weighted by Gasteiger charge is 2.27. The molecule has 0 aliphatic rings. The summed E-state index contributed by atoms with van der Waals surface area (Å²) in [7, 11) is 0. The third-order valence-corrected chi connectivity index (χ3v) is 2.90. The fraction of sp³-hybridized carbons (Fsp3) is 0.562. The Bertz CT molecular complexity index is 402. The second-order valence-electron chi connectivity index (χ2n) is 5.39. The first-order valence-corrected chi connectivity index (χ1v) is 7.03. The number of rotatable bonds is 11. The molecule has 0 unspecified atom stereocenters. The molecule has 0 aliphatic heterocycles. The molecule has 1 aromatic carbocycles. The van der Waals surface area contributed by atoms with E-state index in [-0.39, 0.29) is 6.61 Å². The van der Waals surface area contributed by atoms with Gasteiger partial charge in [0.25, 0.3) is 0 Å². The summed E-state index contributed by atoms with van der Waals surface area (Å²) in [5.41, 5.74) is 0.274. The molecule has 0 fully saturated rings. The minimum absolute atomic E-state index is 0.177. The van der Waals surface area contributed by atoms with Gasteiger partial charge in [0.1, 0.15) is 0 Å². The summed E-state index contributed by atoms with van der Waals surface area (Å²) in [6, 6.07) is 9.95. The molecule has 0 aromatic heterocycles. The van der Waals surface area contributed by atoms with Gasteiger partial charge in [-0.2, -0.15) is 0 Å². The number of hydrogen-bond acceptors (Lipinski definition) is 4. The highest BCUT2D eigenvalue weighted by Crippen LogP contribution is 2.14. The van der Waals surface area contributed by atoms with Crippen LogP contribution < -0.4 is 0 Å². The largest absolute Gasteiger partial charge is 0.481 e. The minimum atomic E-state index is -0.863. The Morgan fingerprint density at radius 3 is 2.19 bits per heavy atom. The Labute approximate surface area is 125 Å². The first kappa shape index (κ1) is 17.6. The van der Waals surface area contributed by atoms with Gasteiger partial charge in [-0.1, -0.05) is 30.3 Å². The van der Waals surface area contributed by atoms with Gasteiger partial charge in [0.2, 0.25) is 0 Å². The quantitative estimate of drug-likeness (QED) is 0.635. The Balaban J connectivity index is 1.92. The van der Waals surface area contributed by atoms with Gasteiger partial charge in [0.05, 0.1) is 45.1 Å². The number of hydrogen-bond donors (Lipinski definition) is 1. The summed E-state index contributed by atoms with van der Waals surface area (Å²) in [6.07, 6.45) is 0. The maximum absolute atomic E-state index is 10.8. The van der Waals surface area contributed by atoms with E-state index in [1.807, 2.05) is 30.3 Å². The molecule has 1 N–H and O–H groups in total. The molecule has 0 spiro atoms. The van der Waals surface area contributed by atoms with Crippen LogP contribution in [0.4, 0.5) is 0 Å². The fourth-order valence-corrected chi connectivity index (χ4v) is 1.49. The SMILES string of the molecule is CC(C)(COCCOCCOCc1ccccc1)C(=O)O. The van der Waals surface area contributed by atoms with Crippen molar-refractivity contribution in [2.24, 2.45) is 5.41 Å². The van der Waals surface area contributed by atoms with E-state index in [0.29, 0.717) is 33.0 Å². The molecule has 0 radical (unpaired) electrons. The van der Waals surface area contributed by atoms with E-state index in [4.69, 9.17) is 19.3 Å². The van der Waals surface area contributed by atoms with Crippen LogP contribution in [0.1, 0.15) is 19.4 Å². The normalized spacial score (nSPS) is 11.5. The highest BCUT2D eigenvalue weighted by molar-refractivity contribution is 5.73. The van der Waals surface area contributed by atoms with Crippen molar-refractivity contribution >= 4 is 5.97 Å². The molecule has 0 bridgehead atoms. The van der Waals surface area contributed by atoms with E-state index in [1.54, 1.807) is 13.8 Å². The zero-order chi connectivity index (χ0) is 15.6. The van der Waals surface area contributed by atoms with E-state index in [9.17, 15) is 4.79 Å². The second-order valence-corrected chi connectivity index (χ2v) is 5.39. The molecular formula is C16H24O5. The van der Waals surface area contributed by atoms with Crippen LogP contribution in [0.2, 0.25) is 0 Å². The van der Waals surface area contributed by atoms with E-state index in [2.05, 4.69) is 0 Å². The predicted molar refractivity (Wildman–Crippen MR) is 79.2 cm³/mol. The van der Waals surface area contributed by atoms with E-state index < -0.39 is 11.4 Å². The van der Waals surface area contributed by atoms with Gasteiger partial charge in [-0.3, -0.25) is 4.79 Å². The smallest absolute Gasteiger partial charge is 0.311 e. The Kier molecular flexibility index (Phi) is 7.97. The lowest BCUT2D eigenvalue weighted by atomic mass is 9.95. The van der Waals surface area contributed by atoms with Gasteiger partial charge in [-0.15, -0.1) is 0 Å². The van der Waals surface area contributed by atoms with Crippen LogP contribution in [-0.2, 0) is 25.6 Å². The monoisotopic (exact) mass is 296 g/mol. The van der Waals surface area contributed by atoms with Crippen molar-refractivity contribution < 1.29 is 24.1 Å². The lowest BCUT2D eigenvalue weighted by Gasteiger charge is -2.18. The molecule has 0 atom stereocenters. The molecule has 5 heteroatoms. The van der Waals surface area contributed by atoms with Crippen LogP contribution in [-0.4, -0.2) is 44.1 Å². The Hall–Kier alpha value is -1.43. The molecule has 0 heterocycles. The molecule has 21 heavy (non-hydrogen) atoms. The van der Waals surface area contributed by atoms with Crippen molar-refractivity contribution in [3.8, 4) is 0 Å². The predicted octanol–water partition coefficient (Wildman–Crippen LogP) is 2.35. The van der Waals surface area contributed by atoms with Gasteiger partial charge in [0.15, 0.2) is 0 Å². The molecule has 1 aromatic rings. The summed E-state index contributed by atoms with van der Waals surface area (Å²) < 4.78 is 16.1. The lowest BCUT2D eigenvalue weighted by molar-refractivity contribution is -0.150. The Morgan fingerprint density at radius 1 is 1.00 bits per heavy atom. The first-order chi connectivity index (χ1) is 10.0. The van der Waals surface area contributed by atoms with Crippen LogP contribution >= 0.6 is 0 Å². The molecule has 1 rings (SSSR count). The van der Waals surface area contributed by atoms with Crippen molar-refractivity contribution in [1.82, 2.24) is 0 Å². The molecule has 0 aliphatic carbocycles. The zero-order valence-electron chi connectivity index (χ0n) is 12.7. The lowest BCUT2D eigenvalue weighted by Crippen LogP contribution is -2.29. The Morgan fingerprint density at radius 2 is 1.57 bits per heavy atom. The third kappa shape index (κ3) is 7.80. The standard InChI is InChI=1S/C16H24O5/c1-16(2,15(17)18)13-21-11-9-19-8-10-20-12-14-6-4-3-5-7-14/h3-7H,8-13H2,1-2H3,(H,17,18). The maximum Gasteiger partial charge on any atom is 0.311 e. The number of carboxylic acids is 1. The minimum Gasteiger partial charge on any atom is -0.481 e. The average molecular weight is 296 g/mol. The summed E-state index contributed by atoms with van der Waals surface area (Å²) in [5.74, 6) is -0.863. The van der Waals surface area contributed by atoms with Gasteiger partial charge in [-0.25, -0.2) is 0 Å². The van der Waals surface area contributed by atoms with Crippen molar-refractivity contribution in [2.45, 2.75) is 20.5 Å². The molecule has 0 saturated carbocycles. The van der Waals surface area contributed by atoms with Gasteiger partial charge >= 0.3 is 5.97 Å². The van der Waals surface area contributed by atoms with Crippen molar-refractivity contribution in [3.05, 3.63) is 35.9 Å². The summed E-state index contributed by atoms with van der Waals surface area (Å²) in [6.45, 7) is 5.86. The van der Waals surface area contributed by atoms with E-state index in [1.165, 1.54) is 0 Å². The van der Waals surface area contributed by atoms with Crippen molar-refractivity contribution in [1.29, 1.82) is 0 Å². The fourth-order valence-electron chi connectivity index (χ4n) is 1.49. The summed E-state index contributed by atoms with van der Waals surface area (Å²) in [5, 5.41) is 8.91. The van der Waals surface area contributed by atoms with Gasteiger partial charge < -0.3 is 19.3 Å². The maximum atomic E-state index is 10.8. The van der Waals surface area contributed by atoms with Crippen LogP contribution in [0, 0.1) is 5.41 Å². The molecule has 0 saturated heterocycles. The number of ether oxygens (including phenoxy) is 3. The second kappa shape index (κ2) is 9.50. The van der Waals surface area contributed by atoms with Crippen molar-refractivity contribution in [2.75, 3.05) is 33.0 Å². The molecule has 5 nitrogen and oxygen atoms in total. The van der Waals surface area contributed by atoms with Gasteiger partial charge in [-0.05, 0) is 19.4 Å². The zero-order valence-corrected chi connectivity index (χ0v) is 12.7. The third-order valence-electron chi connectivity index (χ3n) is 2.90. The number of benzene rings is 1. The van der Waals surface area contributed by atoms with Crippen molar-refractivity contribution in [3.63, 3.8) is 0 Å². The highest BCUT2D eigenvalue weighted by atomic mass is 16.5. The first-order valence-electron chi connectivity index (χ1n) is 7.03. The van der Waals surface area contributed by atoms with Gasteiger partial charge in [0, 0.05) is 0 Å². The molecule has 0 amide bonds. The van der Waals surface area contributed by atoms with E-state index in [0.717, 1.165) is 5.56 Å². The molecular weight excluding hydrogens is 272 g/mol. The van der Waals surface area contributed by atoms with E-state index >= 15 is 0 Å². The molecule has 118 valence electrons. The topological polar surface area (TPSA) is 65.0 Å². The summed E-state index contributed by atoms with van der Waals surface area (Å²) in [4.78, 5) is 10.8. The number of carboxylic acid groups (broad SMARTS) is 1.